The van der Waals surface area contributed by atoms with Gasteiger partial charge in [-0.3, -0.25) is 4.79 Å². The SMILES string of the molecule is CNCCCN(C)C(=O)N(CC(=O)O)C1CCS(=O)(=O)C1. The highest BCUT2D eigenvalue weighted by Crippen LogP contribution is 2.19. The van der Waals surface area contributed by atoms with Crippen LogP contribution in [-0.4, -0.2) is 86.6 Å². The van der Waals surface area contributed by atoms with E-state index < -0.39 is 34.4 Å². The molecule has 21 heavy (non-hydrogen) atoms. The van der Waals surface area contributed by atoms with E-state index in [0.29, 0.717) is 13.0 Å². The summed E-state index contributed by atoms with van der Waals surface area (Å²) in [4.78, 5) is 25.9. The largest absolute Gasteiger partial charge is 0.480 e. The van der Waals surface area contributed by atoms with Gasteiger partial charge in [-0.2, -0.15) is 0 Å². The van der Waals surface area contributed by atoms with Crippen LogP contribution in [0.3, 0.4) is 0 Å². The second kappa shape index (κ2) is 7.60. The first-order valence-corrected chi connectivity index (χ1v) is 8.67. The van der Waals surface area contributed by atoms with Crippen molar-refractivity contribution in [1.82, 2.24) is 15.1 Å². The maximum atomic E-state index is 12.3. The molecule has 122 valence electrons. The Balaban J connectivity index is 2.72. The summed E-state index contributed by atoms with van der Waals surface area (Å²) in [7, 11) is 0.229. The highest BCUT2D eigenvalue weighted by molar-refractivity contribution is 7.91. The molecule has 1 fully saturated rings. The first kappa shape index (κ1) is 17.7. The summed E-state index contributed by atoms with van der Waals surface area (Å²) in [5, 5.41) is 11.9. The summed E-state index contributed by atoms with van der Waals surface area (Å²) >= 11 is 0. The number of sulfone groups is 1. The number of urea groups is 1. The Labute approximate surface area is 125 Å². The highest BCUT2D eigenvalue weighted by Gasteiger charge is 2.36. The van der Waals surface area contributed by atoms with Crippen LogP contribution in [0, 0.1) is 0 Å². The number of nitrogens with zero attached hydrogens (tertiary/aromatic N) is 2. The standard InChI is InChI=1S/C12H23N3O5S/c1-13-5-3-6-14(2)12(18)15(8-11(16)17)10-4-7-21(19,20)9-10/h10,13H,3-9H2,1-2H3,(H,16,17). The van der Waals surface area contributed by atoms with Crippen molar-refractivity contribution in [3.05, 3.63) is 0 Å². The Morgan fingerprint density at radius 2 is 2.05 bits per heavy atom. The number of carbonyl (C=O) groups excluding carboxylic acids is 1. The van der Waals surface area contributed by atoms with E-state index in [0.717, 1.165) is 17.9 Å². The fourth-order valence-corrected chi connectivity index (χ4v) is 4.06. The molecule has 1 rings (SSSR count). The molecule has 0 bridgehead atoms. The lowest BCUT2D eigenvalue weighted by molar-refractivity contribution is -0.138. The minimum atomic E-state index is -3.17. The third-order valence-corrected chi connectivity index (χ3v) is 5.20. The first-order chi connectivity index (χ1) is 9.76. The Bertz CT molecular complexity index is 479. The van der Waals surface area contributed by atoms with Gasteiger partial charge in [-0.1, -0.05) is 0 Å². The molecule has 0 radical (unpaired) electrons. The number of carbonyl (C=O) groups is 2. The lowest BCUT2D eigenvalue weighted by Crippen LogP contribution is -2.50. The van der Waals surface area contributed by atoms with Crippen molar-refractivity contribution in [2.45, 2.75) is 18.9 Å². The van der Waals surface area contributed by atoms with Gasteiger partial charge in [-0.15, -0.1) is 0 Å². The zero-order valence-corrected chi connectivity index (χ0v) is 13.2. The van der Waals surface area contributed by atoms with Crippen LogP contribution in [0.5, 0.6) is 0 Å². The summed E-state index contributed by atoms with van der Waals surface area (Å²) in [5.41, 5.74) is 0. The van der Waals surface area contributed by atoms with E-state index in [2.05, 4.69) is 5.32 Å². The summed E-state index contributed by atoms with van der Waals surface area (Å²) in [6.07, 6.45) is 1.04. The topological polar surface area (TPSA) is 107 Å². The molecule has 2 N–H and O–H groups in total. The number of aliphatic carboxylic acids is 1. The molecule has 9 heteroatoms. The third-order valence-electron chi connectivity index (χ3n) is 3.45. The Morgan fingerprint density at radius 3 is 2.52 bits per heavy atom. The summed E-state index contributed by atoms with van der Waals surface area (Å²) in [6.45, 7) is 0.749. The van der Waals surface area contributed by atoms with E-state index in [1.54, 1.807) is 7.05 Å². The molecule has 0 aromatic rings. The van der Waals surface area contributed by atoms with Crippen molar-refractivity contribution in [1.29, 1.82) is 0 Å². The summed E-state index contributed by atoms with van der Waals surface area (Å²) in [5.74, 6) is -1.29. The van der Waals surface area contributed by atoms with E-state index >= 15 is 0 Å². The van der Waals surface area contributed by atoms with Gasteiger partial charge in [-0.05, 0) is 26.4 Å². The Hall–Kier alpha value is -1.35. The van der Waals surface area contributed by atoms with E-state index in [9.17, 15) is 18.0 Å². The number of carboxylic acids is 1. The average Bonchev–Trinajstić information content (AvgIpc) is 2.75. The molecule has 8 nitrogen and oxygen atoms in total. The molecule has 0 aromatic carbocycles. The van der Waals surface area contributed by atoms with Crippen LogP contribution >= 0.6 is 0 Å². The van der Waals surface area contributed by atoms with Crippen molar-refractivity contribution in [2.24, 2.45) is 0 Å². The molecule has 1 atom stereocenters. The van der Waals surface area contributed by atoms with Gasteiger partial charge >= 0.3 is 12.0 Å². The number of carboxylic acid groups (broad SMARTS) is 1. The first-order valence-electron chi connectivity index (χ1n) is 6.85. The van der Waals surface area contributed by atoms with Crippen LogP contribution in [0.15, 0.2) is 0 Å². The second-order valence-corrected chi connectivity index (χ2v) is 7.47. The summed E-state index contributed by atoms with van der Waals surface area (Å²) < 4.78 is 23.1. The van der Waals surface area contributed by atoms with Crippen LogP contribution in [0.25, 0.3) is 0 Å². The molecule has 1 aliphatic heterocycles. The lowest BCUT2D eigenvalue weighted by atomic mass is 10.2. The van der Waals surface area contributed by atoms with Crippen LogP contribution in [0.2, 0.25) is 0 Å². The Kier molecular flexibility index (Phi) is 6.41. The van der Waals surface area contributed by atoms with Crippen LogP contribution in [-0.2, 0) is 14.6 Å². The quantitative estimate of drug-likeness (QED) is 0.596. The predicted octanol–water partition coefficient (Wildman–Crippen LogP) is -0.779. The average molecular weight is 321 g/mol. The van der Waals surface area contributed by atoms with Gasteiger partial charge in [0.25, 0.3) is 0 Å². The van der Waals surface area contributed by atoms with E-state index in [-0.39, 0.29) is 11.5 Å². The van der Waals surface area contributed by atoms with Gasteiger partial charge in [0.15, 0.2) is 9.84 Å². The highest BCUT2D eigenvalue weighted by atomic mass is 32.2. The van der Waals surface area contributed by atoms with Gasteiger partial charge in [-0.25, -0.2) is 13.2 Å². The zero-order valence-electron chi connectivity index (χ0n) is 12.4. The maximum Gasteiger partial charge on any atom is 0.323 e. The van der Waals surface area contributed by atoms with Gasteiger partial charge in [0.2, 0.25) is 0 Å². The minimum Gasteiger partial charge on any atom is -0.480 e. The van der Waals surface area contributed by atoms with E-state index in [1.807, 2.05) is 7.05 Å². The number of rotatable bonds is 7. The molecule has 1 saturated heterocycles. The van der Waals surface area contributed by atoms with Crippen LogP contribution in [0.1, 0.15) is 12.8 Å². The second-order valence-electron chi connectivity index (χ2n) is 5.24. The predicted molar refractivity (Wildman–Crippen MR) is 78.0 cm³/mol. The van der Waals surface area contributed by atoms with Crippen LogP contribution < -0.4 is 5.32 Å². The fraction of sp³-hybridized carbons (Fsp3) is 0.833. The number of hydrogen-bond donors (Lipinski definition) is 2. The van der Waals surface area contributed by atoms with Crippen molar-refractivity contribution in [2.75, 3.05) is 45.2 Å². The molecule has 2 amide bonds. The van der Waals surface area contributed by atoms with Crippen molar-refractivity contribution in [3.8, 4) is 0 Å². The van der Waals surface area contributed by atoms with Gasteiger partial charge in [0.1, 0.15) is 6.54 Å². The van der Waals surface area contributed by atoms with Crippen molar-refractivity contribution < 1.29 is 23.1 Å². The van der Waals surface area contributed by atoms with Crippen LogP contribution in [0.4, 0.5) is 4.79 Å². The van der Waals surface area contributed by atoms with E-state index in [1.165, 1.54) is 4.90 Å². The number of hydrogen-bond acceptors (Lipinski definition) is 5. The molecule has 0 aliphatic carbocycles. The number of nitrogens with one attached hydrogen (secondary N) is 1. The number of amides is 2. The smallest absolute Gasteiger partial charge is 0.323 e. The van der Waals surface area contributed by atoms with Gasteiger partial charge in [0, 0.05) is 19.6 Å². The Morgan fingerprint density at radius 1 is 1.38 bits per heavy atom. The normalized spacial score (nSPS) is 20.2. The van der Waals surface area contributed by atoms with Crippen molar-refractivity contribution >= 4 is 21.8 Å². The minimum absolute atomic E-state index is 0.00450. The lowest BCUT2D eigenvalue weighted by Gasteiger charge is -2.31. The zero-order chi connectivity index (χ0) is 16.0. The fourth-order valence-electron chi connectivity index (χ4n) is 2.33. The van der Waals surface area contributed by atoms with Crippen molar-refractivity contribution in [3.63, 3.8) is 0 Å². The molecule has 0 spiro atoms. The molecular weight excluding hydrogens is 298 g/mol. The molecule has 0 aromatic heterocycles. The molecular formula is C12H23N3O5S. The molecule has 1 heterocycles. The van der Waals surface area contributed by atoms with E-state index in [4.69, 9.17) is 5.11 Å². The molecule has 1 unspecified atom stereocenters. The summed E-state index contributed by atoms with van der Waals surface area (Å²) in [6, 6.07) is -0.985. The molecule has 1 aliphatic rings. The van der Waals surface area contributed by atoms with Gasteiger partial charge < -0.3 is 20.2 Å². The van der Waals surface area contributed by atoms with Gasteiger partial charge in [0.05, 0.1) is 11.5 Å². The molecule has 0 saturated carbocycles. The third kappa shape index (κ3) is 5.50. The monoisotopic (exact) mass is 321 g/mol. The maximum absolute atomic E-state index is 12.3.